The SMILES string of the molecule is CCC[C@H](NC(=O)[C@H]1CCNC1)C(=O)C(=O)NCC(=O)N[C@H](C(=O)N(C)C)c1ccccc1. The Morgan fingerprint density at radius 3 is 2.36 bits per heavy atom. The van der Waals surface area contributed by atoms with Crippen molar-refractivity contribution in [3.8, 4) is 0 Å². The summed E-state index contributed by atoms with van der Waals surface area (Å²) in [6, 6.07) is 6.86. The predicted octanol–water partition coefficient (Wildman–Crippen LogP) is -0.488. The van der Waals surface area contributed by atoms with Gasteiger partial charge < -0.3 is 26.2 Å². The molecule has 33 heavy (non-hydrogen) atoms. The summed E-state index contributed by atoms with van der Waals surface area (Å²) in [5.41, 5.74) is 0.596. The highest BCUT2D eigenvalue weighted by Crippen LogP contribution is 2.14. The Morgan fingerprint density at radius 2 is 1.79 bits per heavy atom. The first kappa shape index (κ1) is 26.0. The summed E-state index contributed by atoms with van der Waals surface area (Å²) in [4.78, 5) is 63.7. The van der Waals surface area contributed by atoms with Crippen LogP contribution in [0, 0.1) is 5.92 Å². The standard InChI is InChI=1S/C23H33N5O5/c1-4-8-17(26-21(31)16-11-12-24-13-16)20(30)22(32)25-14-18(29)27-19(23(33)28(2)3)15-9-6-5-7-10-15/h5-7,9-10,16-17,19,24H,4,8,11-14H2,1-3H3,(H,25,32)(H,26,31)(H,27,29)/t16-,17-,19-/m0/s1. The van der Waals surface area contributed by atoms with Crippen LogP contribution in [-0.4, -0.2) is 74.1 Å². The molecule has 10 heteroatoms. The molecule has 1 aromatic carbocycles. The van der Waals surface area contributed by atoms with Gasteiger partial charge in [0, 0.05) is 20.6 Å². The van der Waals surface area contributed by atoms with Gasteiger partial charge in [0.1, 0.15) is 6.04 Å². The predicted molar refractivity (Wildman–Crippen MR) is 122 cm³/mol. The number of carbonyl (C=O) groups is 5. The molecule has 1 aromatic rings. The third-order valence-corrected chi connectivity index (χ3v) is 5.40. The van der Waals surface area contributed by atoms with E-state index in [2.05, 4.69) is 21.3 Å². The zero-order chi connectivity index (χ0) is 24.4. The molecule has 1 heterocycles. The van der Waals surface area contributed by atoms with E-state index in [0.717, 1.165) is 6.54 Å². The first-order chi connectivity index (χ1) is 15.7. The Morgan fingerprint density at radius 1 is 1.09 bits per heavy atom. The quantitative estimate of drug-likeness (QED) is 0.330. The molecule has 1 fully saturated rings. The molecule has 0 unspecified atom stereocenters. The van der Waals surface area contributed by atoms with Gasteiger partial charge in [0.15, 0.2) is 0 Å². The monoisotopic (exact) mass is 459 g/mol. The number of likely N-dealkylation sites (N-methyl/N-ethyl adjacent to an activating group) is 1. The summed E-state index contributed by atoms with van der Waals surface area (Å²) in [5, 5.41) is 10.7. The highest BCUT2D eigenvalue weighted by molar-refractivity contribution is 6.38. The van der Waals surface area contributed by atoms with Crippen LogP contribution in [0.3, 0.4) is 0 Å². The van der Waals surface area contributed by atoms with E-state index in [-0.39, 0.29) is 17.7 Å². The van der Waals surface area contributed by atoms with Gasteiger partial charge in [0.25, 0.3) is 5.91 Å². The Hall–Kier alpha value is -3.27. The molecule has 3 atom stereocenters. The van der Waals surface area contributed by atoms with E-state index in [0.29, 0.717) is 31.4 Å². The average molecular weight is 460 g/mol. The Bertz CT molecular complexity index is 852. The summed E-state index contributed by atoms with van der Waals surface area (Å²) in [7, 11) is 3.16. The molecule has 0 bridgehead atoms. The topological polar surface area (TPSA) is 137 Å². The van der Waals surface area contributed by atoms with Gasteiger partial charge in [0.05, 0.1) is 18.5 Å². The molecule has 10 nitrogen and oxygen atoms in total. The highest BCUT2D eigenvalue weighted by atomic mass is 16.2. The van der Waals surface area contributed by atoms with Gasteiger partial charge in [-0.1, -0.05) is 43.7 Å². The molecule has 0 aromatic heterocycles. The minimum Gasteiger partial charge on any atom is -0.347 e. The van der Waals surface area contributed by atoms with Gasteiger partial charge >= 0.3 is 0 Å². The van der Waals surface area contributed by atoms with Crippen molar-refractivity contribution in [2.24, 2.45) is 5.92 Å². The molecule has 1 saturated heterocycles. The largest absolute Gasteiger partial charge is 0.347 e. The molecule has 0 aliphatic carbocycles. The van der Waals surface area contributed by atoms with Crippen molar-refractivity contribution < 1.29 is 24.0 Å². The van der Waals surface area contributed by atoms with Crippen LogP contribution in [0.15, 0.2) is 30.3 Å². The molecule has 1 aliphatic heterocycles. The Balaban J connectivity index is 1.94. The first-order valence-corrected chi connectivity index (χ1v) is 11.1. The maximum absolute atomic E-state index is 12.6. The molecular weight excluding hydrogens is 426 g/mol. The van der Waals surface area contributed by atoms with Crippen molar-refractivity contribution in [1.29, 1.82) is 0 Å². The molecule has 0 spiro atoms. The van der Waals surface area contributed by atoms with Crippen molar-refractivity contribution >= 4 is 29.4 Å². The third kappa shape index (κ3) is 7.67. The van der Waals surface area contributed by atoms with Crippen LogP contribution in [-0.2, 0) is 24.0 Å². The van der Waals surface area contributed by atoms with Gasteiger partial charge in [0.2, 0.25) is 23.5 Å². The van der Waals surface area contributed by atoms with Gasteiger partial charge in [-0.05, 0) is 24.9 Å². The van der Waals surface area contributed by atoms with E-state index in [9.17, 15) is 24.0 Å². The van der Waals surface area contributed by atoms with E-state index < -0.39 is 36.2 Å². The van der Waals surface area contributed by atoms with Crippen LogP contribution in [0.2, 0.25) is 0 Å². The summed E-state index contributed by atoms with van der Waals surface area (Å²) in [6.07, 6.45) is 1.59. The lowest BCUT2D eigenvalue weighted by atomic mass is 10.0. The van der Waals surface area contributed by atoms with Crippen molar-refractivity contribution in [3.63, 3.8) is 0 Å². The Kier molecular flexibility index (Phi) is 9.99. The number of rotatable bonds is 11. The van der Waals surface area contributed by atoms with Crippen LogP contribution in [0.4, 0.5) is 0 Å². The van der Waals surface area contributed by atoms with Crippen molar-refractivity contribution in [2.75, 3.05) is 33.7 Å². The zero-order valence-corrected chi connectivity index (χ0v) is 19.3. The van der Waals surface area contributed by atoms with Gasteiger partial charge in [-0.3, -0.25) is 24.0 Å². The molecule has 0 radical (unpaired) electrons. The number of carbonyl (C=O) groups excluding carboxylic acids is 5. The fourth-order valence-electron chi connectivity index (χ4n) is 3.53. The second-order valence-electron chi connectivity index (χ2n) is 8.23. The van der Waals surface area contributed by atoms with E-state index in [4.69, 9.17) is 0 Å². The lowest BCUT2D eigenvalue weighted by Gasteiger charge is -2.22. The van der Waals surface area contributed by atoms with E-state index >= 15 is 0 Å². The Labute approximate surface area is 193 Å². The number of hydrogen-bond acceptors (Lipinski definition) is 6. The van der Waals surface area contributed by atoms with Crippen LogP contribution < -0.4 is 21.3 Å². The van der Waals surface area contributed by atoms with Crippen molar-refractivity contribution in [2.45, 2.75) is 38.3 Å². The summed E-state index contributed by atoms with van der Waals surface area (Å²) < 4.78 is 0. The zero-order valence-electron chi connectivity index (χ0n) is 19.3. The van der Waals surface area contributed by atoms with Crippen molar-refractivity contribution in [3.05, 3.63) is 35.9 Å². The number of nitrogens with zero attached hydrogens (tertiary/aromatic N) is 1. The lowest BCUT2D eigenvalue weighted by Crippen LogP contribution is -2.51. The minimum atomic E-state index is -0.955. The summed E-state index contributed by atoms with van der Waals surface area (Å²) in [6.45, 7) is 2.65. The molecular formula is C23H33N5O5. The van der Waals surface area contributed by atoms with E-state index in [1.807, 2.05) is 6.92 Å². The normalized spacial score (nSPS) is 16.9. The van der Waals surface area contributed by atoms with E-state index in [1.54, 1.807) is 44.4 Å². The molecule has 180 valence electrons. The number of benzene rings is 1. The lowest BCUT2D eigenvalue weighted by molar-refractivity contribution is -0.141. The number of amides is 4. The smallest absolute Gasteiger partial charge is 0.290 e. The van der Waals surface area contributed by atoms with Gasteiger partial charge in [-0.25, -0.2) is 0 Å². The number of hydrogen-bond donors (Lipinski definition) is 4. The fraction of sp³-hybridized carbons (Fsp3) is 0.522. The van der Waals surface area contributed by atoms with Crippen LogP contribution in [0.1, 0.15) is 37.8 Å². The minimum absolute atomic E-state index is 0.227. The summed E-state index contributed by atoms with van der Waals surface area (Å²) >= 11 is 0. The fourth-order valence-corrected chi connectivity index (χ4v) is 3.53. The highest BCUT2D eigenvalue weighted by Gasteiger charge is 2.30. The van der Waals surface area contributed by atoms with Gasteiger partial charge in [-0.15, -0.1) is 0 Å². The molecule has 4 amide bonds. The molecule has 1 aliphatic rings. The maximum atomic E-state index is 12.6. The number of Topliss-reactive ketones (excluding diaryl/α,β-unsaturated/α-hetero) is 1. The second-order valence-corrected chi connectivity index (χ2v) is 8.23. The van der Waals surface area contributed by atoms with Crippen LogP contribution in [0.5, 0.6) is 0 Å². The molecule has 2 rings (SSSR count). The third-order valence-electron chi connectivity index (χ3n) is 5.40. The van der Waals surface area contributed by atoms with Gasteiger partial charge in [-0.2, -0.15) is 0 Å². The molecule has 4 N–H and O–H groups in total. The second kappa shape index (κ2) is 12.7. The average Bonchev–Trinajstić information content (AvgIpc) is 3.35. The van der Waals surface area contributed by atoms with Crippen molar-refractivity contribution in [1.82, 2.24) is 26.2 Å². The van der Waals surface area contributed by atoms with E-state index in [1.165, 1.54) is 4.90 Å². The number of nitrogens with one attached hydrogen (secondary N) is 4. The maximum Gasteiger partial charge on any atom is 0.290 e. The summed E-state index contributed by atoms with van der Waals surface area (Å²) in [5.74, 6) is -3.19. The first-order valence-electron chi connectivity index (χ1n) is 11.1. The molecule has 0 saturated carbocycles. The van der Waals surface area contributed by atoms with Crippen LogP contribution in [0.25, 0.3) is 0 Å². The number of ketones is 1. The van der Waals surface area contributed by atoms with Crippen LogP contribution >= 0.6 is 0 Å².